The third-order valence-electron chi connectivity index (χ3n) is 5.34. The number of carboxylic acid groups (broad SMARTS) is 1. The summed E-state index contributed by atoms with van der Waals surface area (Å²) in [5.74, 6) is -0.959. The highest BCUT2D eigenvalue weighted by Gasteiger charge is 2.35. The fraction of sp³-hybridized carbons (Fsp3) is 0.346. The number of carbonyl (C=O) groups is 1. The summed E-state index contributed by atoms with van der Waals surface area (Å²) in [5, 5.41) is 9.03. The van der Waals surface area contributed by atoms with E-state index in [0.29, 0.717) is 13.0 Å². The lowest BCUT2D eigenvalue weighted by Crippen LogP contribution is -2.25. The quantitative estimate of drug-likeness (QED) is 0.418. The molecule has 0 aliphatic rings. The predicted molar refractivity (Wildman–Crippen MR) is 127 cm³/mol. The summed E-state index contributed by atoms with van der Waals surface area (Å²) < 4.78 is 46.1. The van der Waals surface area contributed by atoms with Crippen LogP contribution in [-0.4, -0.2) is 45.6 Å². The number of rotatable bonds is 9. The molecular formula is C26H28F3N3O3. The molecule has 0 atom stereocenters. The van der Waals surface area contributed by atoms with Gasteiger partial charge in [-0.1, -0.05) is 25.1 Å². The fourth-order valence-electron chi connectivity index (χ4n) is 3.91. The lowest BCUT2D eigenvalue weighted by Gasteiger charge is -2.19. The smallest absolute Gasteiger partial charge is 0.419 e. The average Bonchev–Trinajstić information content (AvgIpc) is 2.77. The Bertz CT molecular complexity index is 1180. The molecule has 0 saturated carbocycles. The van der Waals surface area contributed by atoms with Crippen LogP contribution in [0.5, 0.6) is 5.75 Å². The molecule has 1 N–H and O–H groups in total. The molecule has 186 valence electrons. The molecule has 2 aromatic carbocycles. The van der Waals surface area contributed by atoms with Gasteiger partial charge in [-0.05, 0) is 62.2 Å². The minimum Gasteiger partial charge on any atom is -0.490 e. The molecule has 0 bridgehead atoms. The number of hydrogen-bond donors (Lipinski definition) is 1. The summed E-state index contributed by atoms with van der Waals surface area (Å²) in [6.45, 7) is 5.73. The highest BCUT2D eigenvalue weighted by atomic mass is 19.4. The third kappa shape index (κ3) is 6.57. The van der Waals surface area contributed by atoms with E-state index in [1.165, 1.54) is 12.1 Å². The largest absolute Gasteiger partial charge is 0.490 e. The second kappa shape index (κ2) is 10.9. The summed E-state index contributed by atoms with van der Waals surface area (Å²) in [6.07, 6.45) is -1.09. The van der Waals surface area contributed by atoms with Crippen LogP contribution in [0.1, 0.15) is 37.5 Å². The Balaban J connectivity index is 1.93. The molecule has 0 unspecified atom stereocenters. The van der Waals surface area contributed by atoms with Gasteiger partial charge in [0, 0.05) is 30.1 Å². The number of halogens is 3. The van der Waals surface area contributed by atoms with Gasteiger partial charge >= 0.3 is 12.1 Å². The number of aliphatic carboxylic acids is 1. The van der Waals surface area contributed by atoms with Crippen molar-refractivity contribution < 1.29 is 27.8 Å². The van der Waals surface area contributed by atoms with E-state index in [9.17, 15) is 18.0 Å². The summed E-state index contributed by atoms with van der Waals surface area (Å²) in [4.78, 5) is 21.4. The van der Waals surface area contributed by atoms with Crippen LogP contribution >= 0.6 is 0 Å². The average molecular weight is 488 g/mol. The molecule has 6 nitrogen and oxygen atoms in total. The van der Waals surface area contributed by atoms with Crippen molar-refractivity contribution in [2.75, 3.05) is 13.6 Å². The van der Waals surface area contributed by atoms with Crippen molar-refractivity contribution in [2.24, 2.45) is 0 Å². The first-order chi connectivity index (χ1) is 16.5. The van der Waals surface area contributed by atoms with Crippen LogP contribution < -0.4 is 4.74 Å². The standard InChI is InChI=1S/C26H28F3N3O3/c1-5-20-18(14-32(4)15-24(33)34)7-6-8-21(20)19-12-30-25(31-13-19)17-9-10-23(35-16(2)3)22(11-17)26(27,28)29/h6-13,16H,5,14-15H2,1-4H3,(H,33,34). The van der Waals surface area contributed by atoms with E-state index in [4.69, 9.17) is 9.84 Å². The van der Waals surface area contributed by atoms with Crippen molar-refractivity contribution in [3.63, 3.8) is 0 Å². The number of likely N-dealkylation sites (N-methyl/N-ethyl adjacent to an activating group) is 1. The van der Waals surface area contributed by atoms with Gasteiger partial charge in [-0.25, -0.2) is 9.97 Å². The molecule has 1 aromatic heterocycles. The van der Waals surface area contributed by atoms with Crippen LogP contribution in [0.15, 0.2) is 48.8 Å². The second-order valence-corrected chi connectivity index (χ2v) is 8.53. The predicted octanol–water partition coefficient (Wildman–Crippen LogP) is 5.70. The molecule has 0 saturated heterocycles. The molecule has 0 amide bonds. The van der Waals surface area contributed by atoms with Crippen LogP contribution in [0, 0.1) is 0 Å². The monoisotopic (exact) mass is 487 g/mol. The maximum absolute atomic E-state index is 13.6. The van der Waals surface area contributed by atoms with E-state index in [0.717, 1.165) is 28.3 Å². The van der Waals surface area contributed by atoms with E-state index in [1.54, 1.807) is 38.2 Å². The molecule has 3 rings (SSSR count). The Hall–Kier alpha value is -3.46. The molecular weight excluding hydrogens is 459 g/mol. The van der Waals surface area contributed by atoms with Gasteiger partial charge in [0.1, 0.15) is 5.75 Å². The van der Waals surface area contributed by atoms with Gasteiger partial charge in [-0.2, -0.15) is 13.2 Å². The van der Waals surface area contributed by atoms with Gasteiger partial charge in [0.25, 0.3) is 0 Å². The van der Waals surface area contributed by atoms with Crippen LogP contribution in [0.2, 0.25) is 0 Å². The van der Waals surface area contributed by atoms with E-state index in [-0.39, 0.29) is 23.7 Å². The number of alkyl halides is 3. The molecule has 9 heteroatoms. The first kappa shape index (κ1) is 26.2. The Morgan fingerprint density at radius 3 is 2.37 bits per heavy atom. The van der Waals surface area contributed by atoms with Gasteiger partial charge in [0.15, 0.2) is 5.82 Å². The highest BCUT2D eigenvalue weighted by molar-refractivity contribution is 5.70. The summed E-state index contributed by atoms with van der Waals surface area (Å²) >= 11 is 0. The van der Waals surface area contributed by atoms with Crippen molar-refractivity contribution in [3.8, 4) is 28.3 Å². The summed E-state index contributed by atoms with van der Waals surface area (Å²) in [7, 11) is 1.74. The SMILES string of the molecule is CCc1c(CN(C)CC(=O)O)cccc1-c1cnc(-c2ccc(OC(C)C)c(C(F)(F)F)c2)nc1. The van der Waals surface area contributed by atoms with Crippen LogP contribution in [0.25, 0.3) is 22.5 Å². The number of nitrogens with zero attached hydrogens (tertiary/aromatic N) is 3. The Morgan fingerprint density at radius 1 is 1.11 bits per heavy atom. The highest BCUT2D eigenvalue weighted by Crippen LogP contribution is 2.39. The van der Waals surface area contributed by atoms with Gasteiger partial charge in [-0.15, -0.1) is 0 Å². The second-order valence-electron chi connectivity index (χ2n) is 8.53. The molecule has 35 heavy (non-hydrogen) atoms. The molecule has 0 radical (unpaired) electrons. The van der Waals surface area contributed by atoms with Crippen molar-refractivity contribution in [3.05, 3.63) is 65.5 Å². The normalized spacial score (nSPS) is 11.8. The maximum Gasteiger partial charge on any atom is 0.419 e. The van der Waals surface area contributed by atoms with Crippen LogP contribution in [-0.2, 0) is 23.9 Å². The van der Waals surface area contributed by atoms with E-state index < -0.39 is 23.8 Å². The van der Waals surface area contributed by atoms with Crippen molar-refractivity contribution >= 4 is 5.97 Å². The first-order valence-electron chi connectivity index (χ1n) is 11.2. The number of carboxylic acids is 1. The molecule has 0 spiro atoms. The Morgan fingerprint density at radius 2 is 1.80 bits per heavy atom. The van der Waals surface area contributed by atoms with Crippen molar-refractivity contribution in [1.29, 1.82) is 0 Å². The topological polar surface area (TPSA) is 75.6 Å². The molecule has 3 aromatic rings. The molecule has 0 fully saturated rings. The molecule has 0 aliphatic carbocycles. The van der Waals surface area contributed by atoms with Gasteiger partial charge in [0.2, 0.25) is 0 Å². The number of ether oxygens (including phenoxy) is 1. The Labute approximate surface area is 202 Å². The minimum absolute atomic E-state index is 0.0773. The van der Waals surface area contributed by atoms with Crippen LogP contribution in [0.3, 0.4) is 0 Å². The fourth-order valence-corrected chi connectivity index (χ4v) is 3.91. The maximum atomic E-state index is 13.6. The Kier molecular flexibility index (Phi) is 8.11. The zero-order chi connectivity index (χ0) is 25.8. The lowest BCUT2D eigenvalue weighted by atomic mass is 9.95. The first-order valence-corrected chi connectivity index (χ1v) is 11.2. The van der Waals surface area contributed by atoms with Crippen LogP contribution in [0.4, 0.5) is 13.2 Å². The zero-order valence-corrected chi connectivity index (χ0v) is 20.1. The van der Waals surface area contributed by atoms with E-state index in [2.05, 4.69) is 9.97 Å². The summed E-state index contributed by atoms with van der Waals surface area (Å²) in [6, 6.07) is 9.58. The van der Waals surface area contributed by atoms with E-state index >= 15 is 0 Å². The zero-order valence-electron chi connectivity index (χ0n) is 20.1. The van der Waals surface area contributed by atoms with Gasteiger partial charge in [-0.3, -0.25) is 9.69 Å². The number of benzene rings is 2. The van der Waals surface area contributed by atoms with Crippen molar-refractivity contribution in [1.82, 2.24) is 14.9 Å². The third-order valence-corrected chi connectivity index (χ3v) is 5.34. The van der Waals surface area contributed by atoms with Crippen molar-refractivity contribution in [2.45, 2.75) is 46.0 Å². The number of hydrogen-bond acceptors (Lipinski definition) is 5. The van der Waals surface area contributed by atoms with Gasteiger partial charge < -0.3 is 9.84 Å². The molecule has 1 heterocycles. The number of aromatic nitrogens is 2. The molecule has 0 aliphatic heterocycles. The van der Waals surface area contributed by atoms with Gasteiger partial charge in [0.05, 0.1) is 18.2 Å². The lowest BCUT2D eigenvalue weighted by molar-refractivity contribution is -0.139. The minimum atomic E-state index is -4.58. The summed E-state index contributed by atoms with van der Waals surface area (Å²) in [5.41, 5.74) is 3.02. The van der Waals surface area contributed by atoms with E-state index in [1.807, 2.05) is 25.1 Å².